The van der Waals surface area contributed by atoms with E-state index in [1.807, 2.05) is 13.2 Å². The summed E-state index contributed by atoms with van der Waals surface area (Å²) in [7, 11) is 1.84. The first kappa shape index (κ1) is 14.1. The number of fused-ring (bicyclic) bond motifs is 1. The first-order chi connectivity index (χ1) is 10.0. The summed E-state index contributed by atoms with van der Waals surface area (Å²) in [5, 5.41) is 0.847. The van der Waals surface area contributed by atoms with E-state index in [9.17, 15) is 4.79 Å². The largest absolute Gasteiger partial charge is 0.317 e. The monoisotopic (exact) mass is 297 g/mol. The van der Waals surface area contributed by atoms with Crippen LogP contribution >= 0.6 is 11.3 Å². The number of aryl methyl sites for hydroxylation is 4. The minimum atomic E-state index is 0.0935. The maximum atomic E-state index is 12.4. The van der Waals surface area contributed by atoms with Crippen molar-refractivity contribution >= 4 is 21.4 Å². The fourth-order valence-electron chi connectivity index (χ4n) is 2.89. The van der Waals surface area contributed by atoms with Crippen LogP contribution in [0.1, 0.15) is 22.9 Å². The molecule has 0 N–H and O–H groups in total. The summed E-state index contributed by atoms with van der Waals surface area (Å²) >= 11 is 1.75. The van der Waals surface area contributed by atoms with Gasteiger partial charge >= 0.3 is 0 Å². The van der Waals surface area contributed by atoms with E-state index in [0.717, 1.165) is 16.5 Å². The Labute approximate surface area is 128 Å². The lowest BCUT2D eigenvalue weighted by Gasteiger charge is -2.12. The molecule has 2 nitrogen and oxygen atoms in total. The lowest BCUT2D eigenvalue weighted by atomic mass is 9.96. The van der Waals surface area contributed by atoms with Gasteiger partial charge in [-0.3, -0.25) is 4.79 Å². The SMILES string of the molecule is CCc1cc2c(=O)n(C)cc(-c3c(C)cccc3C)c2s1. The molecule has 0 saturated carbocycles. The summed E-state index contributed by atoms with van der Waals surface area (Å²) in [6.07, 6.45) is 2.95. The zero-order valence-electron chi connectivity index (χ0n) is 12.9. The first-order valence-corrected chi connectivity index (χ1v) is 8.03. The number of nitrogens with zero attached hydrogens (tertiary/aromatic N) is 1. The standard InChI is InChI=1S/C18H19NOS/c1-5-13-9-14-17(21-13)15(10-19(4)18(14)20)16-11(2)7-6-8-12(16)3/h6-10H,5H2,1-4H3. The zero-order valence-corrected chi connectivity index (χ0v) is 13.7. The summed E-state index contributed by atoms with van der Waals surface area (Å²) in [4.78, 5) is 13.6. The lowest BCUT2D eigenvalue weighted by Crippen LogP contribution is -2.15. The topological polar surface area (TPSA) is 22.0 Å². The van der Waals surface area contributed by atoms with Gasteiger partial charge in [0.1, 0.15) is 0 Å². The van der Waals surface area contributed by atoms with Crippen molar-refractivity contribution in [1.29, 1.82) is 0 Å². The Bertz CT molecular complexity index is 866. The quantitative estimate of drug-likeness (QED) is 0.685. The van der Waals surface area contributed by atoms with Crippen LogP contribution in [0.5, 0.6) is 0 Å². The highest BCUT2D eigenvalue weighted by Crippen LogP contribution is 2.36. The Hall–Kier alpha value is -1.87. The predicted octanol–water partition coefficient (Wildman–Crippen LogP) is 4.45. The first-order valence-electron chi connectivity index (χ1n) is 7.21. The zero-order chi connectivity index (χ0) is 15.1. The van der Waals surface area contributed by atoms with Gasteiger partial charge in [-0.05, 0) is 43.0 Å². The van der Waals surface area contributed by atoms with E-state index in [2.05, 4.69) is 45.0 Å². The van der Waals surface area contributed by atoms with Crippen molar-refractivity contribution in [2.45, 2.75) is 27.2 Å². The van der Waals surface area contributed by atoms with Gasteiger partial charge in [0.25, 0.3) is 5.56 Å². The van der Waals surface area contributed by atoms with E-state index in [4.69, 9.17) is 0 Å². The van der Waals surface area contributed by atoms with Crippen LogP contribution in [0.3, 0.4) is 0 Å². The van der Waals surface area contributed by atoms with Gasteiger partial charge in [0.15, 0.2) is 0 Å². The highest BCUT2D eigenvalue weighted by atomic mass is 32.1. The van der Waals surface area contributed by atoms with Crippen LogP contribution in [0.25, 0.3) is 21.2 Å². The molecule has 0 fully saturated rings. The summed E-state index contributed by atoms with van der Waals surface area (Å²) in [6.45, 7) is 6.40. The maximum absolute atomic E-state index is 12.4. The van der Waals surface area contributed by atoms with Crippen LogP contribution in [0.4, 0.5) is 0 Å². The van der Waals surface area contributed by atoms with Gasteiger partial charge in [0.2, 0.25) is 0 Å². The highest BCUT2D eigenvalue weighted by molar-refractivity contribution is 7.19. The van der Waals surface area contributed by atoms with Gasteiger partial charge in [-0.25, -0.2) is 0 Å². The molecule has 3 heteroatoms. The molecular weight excluding hydrogens is 278 g/mol. The van der Waals surface area contributed by atoms with Crippen LogP contribution in [0.15, 0.2) is 35.3 Å². The summed E-state index contributed by atoms with van der Waals surface area (Å²) < 4.78 is 2.82. The molecule has 0 aliphatic rings. The highest BCUT2D eigenvalue weighted by Gasteiger charge is 2.15. The van der Waals surface area contributed by atoms with Gasteiger partial charge < -0.3 is 4.57 Å². The lowest BCUT2D eigenvalue weighted by molar-refractivity contribution is 0.875. The molecule has 0 saturated heterocycles. The number of pyridine rings is 1. The molecule has 0 radical (unpaired) electrons. The molecule has 3 aromatic rings. The van der Waals surface area contributed by atoms with E-state index in [-0.39, 0.29) is 5.56 Å². The number of benzene rings is 1. The summed E-state index contributed by atoms with van der Waals surface area (Å²) in [5.41, 5.74) is 5.02. The molecule has 0 spiro atoms. The maximum Gasteiger partial charge on any atom is 0.259 e. The van der Waals surface area contributed by atoms with E-state index in [1.54, 1.807) is 15.9 Å². The Balaban J connectivity index is 2.45. The molecule has 2 heterocycles. The Morgan fingerprint density at radius 1 is 1.19 bits per heavy atom. The Kier molecular flexibility index (Phi) is 3.46. The smallest absolute Gasteiger partial charge is 0.259 e. The van der Waals surface area contributed by atoms with Crippen LogP contribution in [0, 0.1) is 13.8 Å². The molecule has 1 aromatic carbocycles. The Morgan fingerprint density at radius 2 is 1.86 bits per heavy atom. The van der Waals surface area contributed by atoms with Gasteiger partial charge in [-0.15, -0.1) is 11.3 Å². The van der Waals surface area contributed by atoms with Crippen molar-refractivity contribution in [3.8, 4) is 11.1 Å². The molecule has 0 aliphatic carbocycles. The van der Waals surface area contributed by atoms with Gasteiger partial charge in [-0.2, -0.15) is 0 Å². The van der Waals surface area contributed by atoms with E-state index in [1.165, 1.54) is 27.1 Å². The minimum Gasteiger partial charge on any atom is -0.317 e. The summed E-state index contributed by atoms with van der Waals surface area (Å²) in [6, 6.07) is 8.40. The third kappa shape index (κ3) is 2.22. The van der Waals surface area contributed by atoms with Crippen molar-refractivity contribution in [3.63, 3.8) is 0 Å². The van der Waals surface area contributed by atoms with Crippen molar-refractivity contribution in [2.75, 3.05) is 0 Å². The second-order valence-electron chi connectivity index (χ2n) is 5.53. The van der Waals surface area contributed by atoms with E-state index >= 15 is 0 Å². The molecule has 3 rings (SSSR count). The summed E-state index contributed by atoms with van der Waals surface area (Å²) in [5.74, 6) is 0. The second kappa shape index (κ2) is 5.15. The van der Waals surface area contributed by atoms with Crippen LogP contribution in [0.2, 0.25) is 0 Å². The Morgan fingerprint density at radius 3 is 2.48 bits per heavy atom. The third-order valence-electron chi connectivity index (χ3n) is 4.00. The van der Waals surface area contributed by atoms with Crippen molar-refractivity contribution in [2.24, 2.45) is 7.05 Å². The normalized spacial score (nSPS) is 11.2. The van der Waals surface area contributed by atoms with Crippen LogP contribution in [-0.2, 0) is 13.5 Å². The van der Waals surface area contributed by atoms with Crippen molar-refractivity contribution in [3.05, 3.63) is 56.8 Å². The average Bonchev–Trinajstić information content (AvgIpc) is 2.88. The number of thiophene rings is 1. The third-order valence-corrected chi connectivity index (χ3v) is 5.31. The number of rotatable bonds is 2. The van der Waals surface area contributed by atoms with Crippen molar-refractivity contribution in [1.82, 2.24) is 4.57 Å². The molecule has 0 unspecified atom stereocenters. The predicted molar refractivity (Wildman–Crippen MR) is 91.4 cm³/mol. The molecule has 0 atom stereocenters. The minimum absolute atomic E-state index is 0.0935. The van der Waals surface area contributed by atoms with Crippen LogP contribution < -0.4 is 5.56 Å². The fourth-order valence-corrected chi connectivity index (χ4v) is 4.00. The molecule has 0 bridgehead atoms. The van der Waals surface area contributed by atoms with Gasteiger partial charge in [-0.1, -0.05) is 25.1 Å². The van der Waals surface area contributed by atoms with Crippen LogP contribution in [-0.4, -0.2) is 4.57 Å². The molecule has 0 amide bonds. The molecule has 21 heavy (non-hydrogen) atoms. The molecule has 0 aliphatic heterocycles. The van der Waals surface area contributed by atoms with Crippen molar-refractivity contribution < 1.29 is 0 Å². The average molecular weight is 297 g/mol. The van der Waals surface area contributed by atoms with Gasteiger partial charge in [0.05, 0.1) is 5.39 Å². The second-order valence-corrected chi connectivity index (χ2v) is 6.67. The molecule has 2 aromatic heterocycles. The van der Waals surface area contributed by atoms with E-state index < -0.39 is 0 Å². The number of hydrogen-bond acceptors (Lipinski definition) is 2. The van der Waals surface area contributed by atoms with Gasteiger partial charge in [0, 0.05) is 28.4 Å². The fraction of sp³-hybridized carbons (Fsp3) is 0.278. The molecular formula is C18H19NOS. The number of hydrogen-bond donors (Lipinski definition) is 0. The number of aromatic nitrogens is 1. The van der Waals surface area contributed by atoms with E-state index in [0.29, 0.717) is 0 Å². The molecule has 108 valence electrons.